The second-order valence-corrected chi connectivity index (χ2v) is 6.42. The monoisotopic (exact) mass is 304 g/mol. The predicted molar refractivity (Wildman–Crippen MR) is 86.9 cm³/mol. The van der Waals surface area contributed by atoms with Crippen molar-refractivity contribution in [1.29, 1.82) is 0 Å². The van der Waals surface area contributed by atoms with E-state index in [1.165, 1.54) is 36.8 Å². The summed E-state index contributed by atoms with van der Waals surface area (Å²) in [7, 11) is 0. The van der Waals surface area contributed by atoms with E-state index in [2.05, 4.69) is 36.4 Å². The molecule has 2 atom stereocenters. The molecule has 104 valence electrons. The molecule has 0 saturated heterocycles. The zero-order valence-corrected chi connectivity index (χ0v) is 12.9. The van der Waals surface area contributed by atoms with Gasteiger partial charge < -0.3 is 0 Å². The zero-order valence-electron chi connectivity index (χ0n) is 11.4. The molecule has 0 nitrogen and oxygen atoms in total. The first-order valence-corrected chi connectivity index (χ1v) is 8.01. The lowest BCUT2D eigenvalue weighted by molar-refractivity contribution is 0.386. The Kier molecular flexibility index (Phi) is 4.33. The lowest BCUT2D eigenvalue weighted by Gasteiger charge is -2.33. The Hall–Kier alpha value is -0.980. The molecular weight excluding hydrogens is 287 g/mol. The minimum absolute atomic E-state index is 0.510. The minimum atomic E-state index is 0.510. The van der Waals surface area contributed by atoms with Gasteiger partial charge in [-0.1, -0.05) is 72.4 Å². The van der Waals surface area contributed by atoms with Crippen molar-refractivity contribution in [2.75, 3.05) is 0 Å². The van der Waals surface area contributed by atoms with Crippen molar-refractivity contribution in [3.05, 3.63) is 69.7 Å². The summed E-state index contributed by atoms with van der Waals surface area (Å²) in [6, 6.07) is 16.8. The summed E-state index contributed by atoms with van der Waals surface area (Å²) in [4.78, 5) is 0. The molecule has 20 heavy (non-hydrogen) atoms. The van der Waals surface area contributed by atoms with Crippen molar-refractivity contribution in [3.8, 4) is 0 Å². The average molecular weight is 305 g/mol. The maximum absolute atomic E-state index is 6.43. The molecule has 1 fully saturated rings. The van der Waals surface area contributed by atoms with Crippen LogP contribution in [0, 0.1) is 0 Å². The van der Waals surface area contributed by atoms with Gasteiger partial charge in [-0.2, -0.15) is 0 Å². The van der Waals surface area contributed by atoms with Crippen LogP contribution in [-0.4, -0.2) is 0 Å². The molecule has 0 aromatic heterocycles. The second-order valence-electron chi connectivity index (χ2n) is 5.57. The highest BCUT2D eigenvalue weighted by Gasteiger charge is 2.29. The lowest BCUT2D eigenvalue weighted by Crippen LogP contribution is -2.16. The van der Waals surface area contributed by atoms with E-state index in [0.717, 1.165) is 5.02 Å². The summed E-state index contributed by atoms with van der Waals surface area (Å²) in [6.45, 7) is 0. The Morgan fingerprint density at radius 1 is 0.800 bits per heavy atom. The summed E-state index contributed by atoms with van der Waals surface area (Å²) < 4.78 is 0. The van der Waals surface area contributed by atoms with Gasteiger partial charge in [-0.15, -0.1) is 0 Å². The van der Waals surface area contributed by atoms with E-state index in [1.807, 2.05) is 12.1 Å². The molecule has 0 aliphatic heterocycles. The highest BCUT2D eigenvalue weighted by molar-refractivity contribution is 6.35. The maximum Gasteiger partial charge on any atom is 0.0455 e. The molecule has 2 unspecified atom stereocenters. The fraction of sp³-hybridized carbons (Fsp3) is 0.333. The quantitative estimate of drug-likeness (QED) is 0.599. The van der Waals surface area contributed by atoms with E-state index in [4.69, 9.17) is 23.2 Å². The van der Waals surface area contributed by atoms with Gasteiger partial charge in [0.25, 0.3) is 0 Å². The Balaban J connectivity index is 1.97. The van der Waals surface area contributed by atoms with Gasteiger partial charge in [0.05, 0.1) is 0 Å². The molecule has 0 radical (unpaired) electrons. The van der Waals surface area contributed by atoms with E-state index in [-0.39, 0.29) is 0 Å². The zero-order chi connectivity index (χ0) is 13.9. The van der Waals surface area contributed by atoms with Crippen LogP contribution in [0.15, 0.2) is 48.5 Å². The molecule has 1 aliphatic rings. The summed E-state index contributed by atoms with van der Waals surface area (Å²) in [5.41, 5.74) is 2.69. The summed E-state index contributed by atoms with van der Waals surface area (Å²) in [5, 5.41) is 1.52. The van der Waals surface area contributed by atoms with E-state index in [0.29, 0.717) is 16.9 Å². The average Bonchev–Trinajstić information content (AvgIpc) is 2.48. The summed E-state index contributed by atoms with van der Waals surface area (Å²) in [5.74, 6) is 1.08. The smallest absolute Gasteiger partial charge is 0.0455 e. The first-order valence-electron chi connectivity index (χ1n) is 7.25. The van der Waals surface area contributed by atoms with Gasteiger partial charge in [0.2, 0.25) is 0 Å². The fourth-order valence-electron chi connectivity index (χ4n) is 3.40. The highest BCUT2D eigenvalue weighted by atomic mass is 35.5. The summed E-state index contributed by atoms with van der Waals surface area (Å²) >= 11 is 12.5. The minimum Gasteiger partial charge on any atom is -0.0843 e. The standard InChI is InChI=1S/C18H18Cl2/c19-14-10-11-17(18(20)12-14)16-9-5-4-8-15(16)13-6-2-1-3-7-13/h1-3,6-7,10-12,15-16H,4-5,8-9H2. The number of halogens is 2. The Labute approximate surface area is 130 Å². The van der Waals surface area contributed by atoms with Crippen LogP contribution in [0.2, 0.25) is 10.0 Å². The van der Waals surface area contributed by atoms with Crippen molar-refractivity contribution >= 4 is 23.2 Å². The van der Waals surface area contributed by atoms with E-state index in [9.17, 15) is 0 Å². The first-order chi connectivity index (χ1) is 9.75. The topological polar surface area (TPSA) is 0 Å². The van der Waals surface area contributed by atoms with Crippen LogP contribution in [0.25, 0.3) is 0 Å². The molecule has 2 aromatic rings. The normalized spacial score (nSPS) is 22.7. The maximum atomic E-state index is 6.43. The predicted octanol–water partition coefficient (Wildman–Crippen LogP) is 6.43. The second kappa shape index (κ2) is 6.20. The van der Waals surface area contributed by atoms with Crippen molar-refractivity contribution in [2.45, 2.75) is 37.5 Å². The molecule has 0 spiro atoms. The number of hydrogen-bond donors (Lipinski definition) is 0. The third-order valence-corrected chi connectivity index (χ3v) is 4.92. The molecule has 0 amide bonds. The number of benzene rings is 2. The molecule has 2 aromatic carbocycles. The van der Waals surface area contributed by atoms with Crippen LogP contribution in [0.3, 0.4) is 0 Å². The van der Waals surface area contributed by atoms with Crippen LogP contribution >= 0.6 is 23.2 Å². The van der Waals surface area contributed by atoms with Crippen LogP contribution < -0.4 is 0 Å². The molecule has 0 bridgehead atoms. The van der Waals surface area contributed by atoms with Crippen LogP contribution in [-0.2, 0) is 0 Å². The van der Waals surface area contributed by atoms with Crippen molar-refractivity contribution in [3.63, 3.8) is 0 Å². The van der Waals surface area contributed by atoms with Gasteiger partial charge in [-0.25, -0.2) is 0 Å². The van der Waals surface area contributed by atoms with Crippen molar-refractivity contribution in [2.24, 2.45) is 0 Å². The van der Waals surface area contributed by atoms with Gasteiger partial charge in [-0.3, -0.25) is 0 Å². The van der Waals surface area contributed by atoms with Gasteiger partial charge in [0.15, 0.2) is 0 Å². The van der Waals surface area contributed by atoms with Crippen molar-refractivity contribution < 1.29 is 0 Å². The molecule has 1 aliphatic carbocycles. The van der Waals surface area contributed by atoms with E-state index < -0.39 is 0 Å². The van der Waals surface area contributed by atoms with E-state index >= 15 is 0 Å². The largest absolute Gasteiger partial charge is 0.0843 e. The molecule has 0 heterocycles. The van der Waals surface area contributed by atoms with Gasteiger partial charge in [0, 0.05) is 10.0 Å². The number of hydrogen-bond acceptors (Lipinski definition) is 0. The molecule has 0 N–H and O–H groups in total. The molecule has 2 heteroatoms. The van der Waals surface area contributed by atoms with Crippen LogP contribution in [0.5, 0.6) is 0 Å². The van der Waals surface area contributed by atoms with Gasteiger partial charge in [-0.05, 0) is 47.9 Å². The lowest BCUT2D eigenvalue weighted by atomic mass is 9.72. The highest BCUT2D eigenvalue weighted by Crippen LogP contribution is 2.46. The van der Waals surface area contributed by atoms with E-state index in [1.54, 1.807) is 0 Å². The summed E-state index contributed by atoms with van der Waals surface area (Å²) in [6.07, 6.45) is 5.04. The van der Waals surface area contributed by atoms with Crippen LogP contribution in [0.4, 0.5) is 0 Å². The number of rotatable bonds is 2. The van der Waals surface area contributed by atoms with Gasteiger partial charge >= 0.3 is 0 Å². The SMILES string of the molecule is Clc1ccc(C2CCCCC2c2ccccc2)c(Cl)c1. The van der Waals surface area contributed by atoms with Gasteiger partial charge in [0.1, 0.15) is 0 Å². The fourth-order valence-corrected chi connectivity index (χ4v) is 3.95. The Morgan fingerprint density at radius 2 is 1.50 bits per heavy atom. The van der Waals surface area contributed by atoms with Crippen molar-refractivity contribution in [1.82, 2.24) is 0 Å². The molecule has 3 rings (SSSR count). The Morgan fingerprint density at radius 3 is 2.20 bits per heavy atom. The van der Waals surface area contributed by atoms with Crippen LogP contribution in [0.1, 0.15) is 48.6 Å². The third-order valence-electron chi connectivity index (χ3n) is 4.36. The first kappa shape index (κ1) is 14.0. The molecular formula is C18H18Cl2. The third kappa shape index (κ3) is 2.87. The molecule has 1 saturated carbocycles. The Bertz CT molecular complexity index is 577.